The Kier molecular flexibility index (Phi) is 6.67. The van der Waals surface area contributed by atoms with Gasteiger partial charge >= 0.3 is 0 Å². The average molecular weight is 460 g/mol. The highest BCUT2D eigenvalue weighted by Crippen LogP contribution is 2.22. The topological polar surface area (TPSA) is 67.0 Å². The van der Waals surface area contributed by atoms with Crippen molar-refractivity contribution in [3.8, 4) is 5.75 Å². The summed E-state index contributed by atoms with van der Waals surface area (Å²) in [7, 11) is 0. The zero-order chi connectivity index (χ0) is 23.9. The molecule has 0 aliphatic rings. The van der Waals surface area contributed by atoms with Crippen molar-refractivity contribution in [3.63, 3.8) is 0 Å². The Bertz CT molecular complexity index is 1410. The van der Waals surface area contributed by atoms with Crippen molar-refractivity contribution in [2.45, 2.75) is 13.2 Å². The second-order valence-corrected chi connectivity index (χ2v) is 8.17. The number of imidazole rings is 1. The predicted molar refractivity (Wildman–Crippen MR) is 139 cm³/mol. The van der Waals surface area contributed by atoms with Crippen molar-refractivity contribution in [3.05, 3.63) is 132 Å². The number of amides is 1. The normalized spacial score (nSPS) is 11.4. The van der Waals surface area contributed by atoms with Crippen LogP contribution in [-0.4, -0.2) is 15.9 Å². The summed E-state index contributed by atoms with van der Waals surface area (Å²) >= 11 is 0. The number of aromatic nitrogens is 2. The Morgan fingerprint density at radius 3 is 2.17 bits per heavy atom. The van der Waals surface area contributed by atoms with Crippen LogP contribution in [0.2, 0.25) is 0 Å². The van der Waals surface area contributed by atoms with Crippen molar-refractivity contribution in [1.29, 1.82) is 0 Å². The van der Waals surface area contributed by atoms with E-state index in [1.54, 1.807) is 0 Å². The van der Waals surface area contributed by atoms with Gasteiger partial charge in [0.25, 0.3) is 5.91 Å². The molecule has 0 spiro atoms. The number of nitrogens with one attached hydrogen (secondary N) is 2. The zero-order valence-electron chi connectivity index (χ0n) is 19.1. The lowest BCUT2D eigenvalue weighted by Gasteiger charge is -2.09. The number of para-hydroxylation sites is 2. The molecule has 0 aliphatic carbocycles. The first-order valence-corrected chi connectivity index (χ1v) is 11.5. The van der Waals surface area contributed by atoms with Gasteiger partial charge in [-0.3, -0.25) is 4.79 Å². The van der Waals surface area contributed by atoms with Gasteiger partial charge in [0.1, 0.15) is 18.2 Å². The maximum atomic E-state index is 13.3. The van der Waals surface area contributed by atoms with E-state index in [0.29, 0.717) is 24.5 Å². The third-order valence-electron chi connectivity index (χ3n) is 5.62. The van der Waals surface area contributed by atoms with Crippen LogP contribution in [-0.2, 0) is 17.9 Å². The van der Waals surface area contributed by atoms with Crippen LogP contribution in [0.3, 0.4) is 0 Å². The maximum Gasteiger partial charge on any atom is 0.255 e. The lowest BCUT2D eigenvalue weighted by molar-refractivity contribution is -0.115. The number of hydrogen-bond acceptors (Lipinski definition) is 3. The lowest BCUT2D eigenvalue weighted by Crippen LogP contribution is -2.24. The minimum absolute atomic E-state index is 0.197. The summed E-state index contributed by atoms with van der Waals surface area (Å²) in [6.07, 6.45) is 1.85. The van der Waals surface area contributed by atoms with E-state index in [1.807, 2.05) is 115 Å². The minimum atomic E-state index is -0.197. The van der Waals surface area contributed by atoms with Gasteiger partial charge < -0.3 is 15.0 Å². The van der Waals surface area contributed by atoms with Gasteiger partial charge in [0.05, 0.1) is 16.6 Å². The van der Waals surface area contributed by atoms with Gasteiger partial charge in [-0.15, -0.1) is 0 Å². The zero-order valence-corrected chi connectivity index (χ0v) is 19.1. The first kappa shape index (κ1) is 22.2. The molecule has 5 nitrogen and oxygen atoms in total. The number of H-pyrrole nitrogens is 1. The molecular formula is C30H25N3O2. The first-order chi connectivity index (χ1) is 17.2. The number of aromatic amines is 1. The molecule has 0 saturated carbocycles. The molecule has 1 aromatic heterocycles. The van der Waals surface area contributed by atoms with E-state index >= 15 is 0 Å². The molecule has 1 heterocycles. The molecule has 5 aromatic rings. The molecule has 172 valence electrons. The van der Waals surface area contributed by atoms with Gasteiger partial charge in [-0.2, -0.15) is 0 Å². The highest BCUT2D eigenvalue weighted by Gasteiger charge is 2.16. The van der Waals surface area contributed by atoms with Crippen molar-refractivity contribution in [2.75, 3.05) is 0 Å². The summed E-state index contributed by atoms with van der Waals surface area (Å²) in [5.41, 5.74) is 5.18. The minimum Gasteiger partial charge on any atom is -0.489 e. The smallest absolute Gasteiger partial charge is 0.255 e. The predicted octanol–water partition coefficient (Wildman–Crippen LogP) is 6.00. The fourth-order valence-corrected chi connectivity index (χ4v) is 3.76. The molecule has 0 atom stereocenters. The summed E-state index contributed by atoms with van der Waals surface area (Å²) in [6.45, 7) is 0.936. The Balaban J connectivity index is 1.38. The standard InChI is InChI=1S/C30H25N3O2/c34-30(31-20-23-9-3-1-4-10-23)26(29-32-27-13-7-8-14-28(27)33-29)19-22-15-17-25(18-16-22)35-21-24-11-5-2-6-12-24/h1-19H,20-21H2,(H,31,34)(H,32,33). The molecule has 1 amide bonds. The number of carbonyl (C=O) groups is 1. The van der Waals surface area contributed by atoms with E-state index in [1.165, 1.54) is 0 Å². The largest absolute Gasteiger partial charge is 0.489 e. The molecule has 5 rings (SSSR count). The molecule has 0 saturated heterocycles. The number of fused-ring (bicyclic) bond motifs is 1. The number of carbonyl (C=O) groups excluding carboxylic acids is 1. The molecule has 0 fully saturated rings. The molecule has 2 N–H and O–H groups in total. The van der Waals surface area contributed by atoms with E-state index in [9.17, 15) is 4.79 Å². The van der Waals surface area contributed by atoms with Gasteiger partial charge in [-0.05, 0) is 47.0 Å². The van der Waals surface area contributed by atoms with Crippen molar-refractivity contribution in [1.82, 2.24) is 15.3 Å². The van der Waals surface area contributed by atoms with Crippen molar-refractivity contribution >= 4 is 28.6 Å². The highest BCUT2D eigenvalue weighted by molar-refractivity contribution is 6.23. The molecule has 4 aromatic carbocycles. The van der Waals surface area contributed by atoms with Crippen LogP contribution in [0.25, 0.3) is 22.7 Å². The molecule has 5 heteroatoms. The monoisotopic (exact) mass is 459 g/mol. The molecule has 0 unspecified atom stereocenters. The summed E-state index contributed by atoms with van der Waals surface area (Å²) in [4.78, 5) is 21.2. The van der Waals surface area contributed by atoms with Gasteiger partial charge in [-0.25, -0.2) is 4.98 Å². The first-order valence-electron chi connectivity index (χ1n) is 11.5. The second-order valence-electron chi connectivity index (χ2n) is 8.17. The molecule has 0 bridgehead atoms. The van der Waals surface area contributed by atoms with E-state index in [0.717, 1.165) is 33.5 Å². The van der Waals surface area contributed by atoms with Crippen molar-refractivity contribution in [2.24, 2.45) is 0 Å². The number of hydrogen-bond donors (Lipinski definition) is 2. The van der Waals surface area contributed by atoms with Gasteiger partial charge in [0.15, 0.2) is 0 Å². The van der Waals surface area contributed by atoms with Gasteiger partial charge in [-0.1, -0.05) is 84.9 Å². The summed E-state index contributed by atoms with van der Waals surface area (Å²) in [5.74, 6) is 1.10. The van der Waals surface area contributed by atoms with Crippen LogP contribution in [0.5, 0.6) is 5.75 Å². The van der Waals surface area contributed by atoms with Crippen LogP contribution in [0.1, 0.15) is 22.5 Å². The van der Waals surface area contributed by atoms with Crippen LogP contribution < -0.4 is 10.1 Å². The number of rotatable bonds is 8. The van der Waals surface area contributed by atoms with Crippen LogP contribution >= 0.6 is 0 Å². The third-order valence-corrected chi connectivity index (χ3v) is 5.62. The Labute approximate surface area is 204 Å². The van der Waals surface area contributed by atoms with E-state index < -0.39 is 0 Å². The molecule has 0 aliphatic heterocycles. The Morgan fingerprint density at radius 2 is 1.46 bits per heavy atom. The quantitative estimate of drug-likeness (QED) is 0.280. The summed E-state index contributed by atoms with van der Waals surface area (Å²) in [6, 6.07) is 35.3. The van der Waals surface area contributed by atoms with Crippen LogP contribution in [0.4, 0.5) is 0 Å². The maximum absolute atomic E-state index is 13.3. The van der Waals surface area contributed by atoms with Crippen molar-refractivity contribution < 1.29 is 9.53 Å². The SMILES string of the molecule is O=C(NCc1ccccc1)C(=Cc1ccc(OCc2ccccc2)cc1)c1nc2ccccc2[nH]1. The Morgan fingerprint density at radius 1 is 0.800 bits per heavy atom. The highest BCUT2D eigenvalue weighted by atomic mass is 16.5. The summed E-state index contributed by atoms with van der Waals surface area (Å²) in [5, 5.41) is 3.02. The number of ether oxygens (including phenoxy) is 1. The lowest BCUT2D eigenvalue weighted by atomic mass is 10.1. The van der Waals surface area contributed by atoms with Gasteiger partial charge in [0, 0.05) is 6.54 Å². The fourth-order valence-electron chi connectivity index (χ4n) is 3.76. The summed E-state index contributed by atoms with van der Waals surface area (Å²) < 4.78 is 5.89. The Hall–Kier alpha value is -4.64. The van der Waals surface area contributed by atoms with E-state index in [-0.39, 0.29) is 5.91 Å². The fraction of sp³-hybridized carbons (Fsp3) is 0.0667. The van der Waals surface area contributed by atoms with E-state index in [4.69, 9.17) is 4.74 Å². The molecule has 0 radical (unpaired) electrons. The number of benzene rings is 4. The van der Waals surface area contributed by atoms with Gasteiger partial charge in [0.2, 0.25) is 0 Å². The third kappa shape index (κ3) is 5.65. The average Bonchev–Trinajstić information content (AvgIpc) is 3.35. The number of nitrogens with zero attached hydrogens (tertiary/aromatic N) is 1. The molecular weight excluding hydrogens is 434 g/mol. The van der Waals surface area contributed by atoms with Crippen LogP contribution in [0.15, 0.2) is 109 Å². The van der Waals surface area contributed by atoms with E-state index in [2.05, 4.69) is 15.3 Å². The molecule has 35 heavy (non-hydrogen) atoms. The van der Waals surface area contributed by atoms with Crippen LogP contribution in [0, 0.1) is 0 Å². The second kappa shape index (κ2) is 10.5.